The van der Waals surface area contributed by atoms with Gasteiger partial charge in [-0.1, -0.05) is 23.7 Å². The van der Waals surface area contributed by atoms with Crippen molar-refractivity contribution in [2.75, 3.05) is 38.8 Å². The van der Waals surface area contributed by atoms with Gasteiger partial charge in [-0.3, -0.25) is 14.2 Å². The van der Waals surface area contributed by atoms with Crippen molar-refractivity contribution in [2.24, 2.45) is 0 Å². The molecule has 1 N–H and O–H groups in total. The van der Waals surface area contributed by atoms with Crippen LogP contribution >= 0.6 is 11.6 Å². The van der Waals surface area contributed by atoms with Gasteiger partial charge in [0, 0.05) is 51.6 Å². The van der Waals surface area contributed by atoms with E-state index in [0.717, 1.165) is 11.3 Å². The van der Waals surface area contributed by atoms with Crippen LogP contribution in [0, 0.1) is 0 Å². The minimum Gasteiger partial charge on any atom is -0.497 e. The fourth-order valence-corrected chi connectivity index (χ4v) is 4.73. The molecule has 1 aromatic carbocycles. The number of ether oxygens (including phenoxy) is 2. The number of carbonyl (C=O) groups excluding carboxylic acids is 2. The zero-order valence-electron chi connectivity index (χ0n) is 22.6. The van der Waals surface area contributed by atoms with Crippen LogP contribution < -0.4 is 15.0 Å². The van der Waals surface area contributed by atoms with Crippen molar-refractivity contribution < 1.29 is 19.1 Å². The lowest BCUT2D eigenvalue weighted by atomic mass is 10.0. The van der Waals surface area contributed by atoms with Crippen LogP contribution in [0.4, 0.5) is 5.82 Å². The van der Waals surface area contributed by atoms with Crippen molar-refractivity contribution in [1.29, 1.82) is 0 Å². The highest BCUT2D eigenvalue weighted by Gasteiger charge is 2.33. The second-order valence-electron chi connectivity index (χ2n) is 9.53. The molecule has 1 aliphatic rings. The molecule has 1 fully saturated rings. The van der Waals surface area contributed by atoms with Crippen molar-refractivity contribution in [3.8, 4) is 11.7 Å². The predicted molar refractivity (Wildman–Crippen MR) is 147 cm³/mol. The molecular formula is C27H34ClN7O4. The molecule has 0 bridgehead atoms. The molecule has 2 aromatic heterocycles. The maximum atomic E-state index is 13.3. The second-order valence-corrected chi connectivity index (χ2v) is 9.91. The van der Waals surface area contributed by atoms with Crippen LogP contribution in [0.2, 0.25) is 5.15 Å². The van der Waals surface area contributed by atoms with Crippen molar-refractivity contribution >= 4 is 29.2 Å². The Morgan fingerprint density at radius 3 is 2.72 bits per heavy atom. The molecule has 0 radical (unpaired) electrons. The molecule has 2 amide bonds. The van der Waals surface area contributed by atoms with Crippen LogP contribution in [-0.4, -0.2) is 82.2 Å². The van der Waals surface area contributed by atoms with Gasteiger partial charge in [-0.2, -0.15) is 4.98 Å². The maximum absolute atomic E-state index is 13.3. The van der Waals surface area contributed by atoms with E-state index in [1.165, 1.54) is 0 Å². The molecule has 1 saturated heterocycles. The Morgan fingerprint density at radius 2 is 2.00 bits per heavy atom. The molecule has 0 aliphatic carbocycles. The monoisotopic (exact) mass is 555 g/mol. The smallest absolute Gasteiger partial charge is 0.238 e. The first-order chi connectivity index (χ1) is 18.8. The van der Waals surface area contributed by atoms with Crippen LogP contribution in [0.3, 0.4) is 0 Å². The highest BCUT2D eigenvalue weighted by Crippen LogP contribution is 2.25. The van der Waals surface area contributed by atoms with Crippen molar-refractivity contribution in [3.05, 3.63) is 59.8 Å². The standard InChI is InChI=1S/C27H34ClN7O4/c1-18(38-3)12-26(37)33-10-11-35(24-15-23(28)31-27(32-24)34-9-8-29-17-34)21(16-33)14-25(36)30-19(2)20-6-5-7-22(13-20)39-4/h5-9,13,15,17-19,21H,10-12,14,16H2,1-4H3,(H,30,36). The van der Waals surface area contributed by atoms with Gasteiger partial charge in [0.1, 0.15) is 23.0 Å². The lowest BCUT2D eigenvalue weighted by Gasteiger charge is -2.42. The summed E-state index contributed by atoms with van der Waals surface area (Å²) >= 11 is 6.37. The predicted octanol–water partition coefficient (Wildman–Crippen LogP) is 3.03. The van der Waals surface area contributed by atoms with Gasteiger partial charge in [-0.15, -0.1) is 0 Å². The van der Waals surface area contributed by atoms with Crippen molar-refractivity contribution in [1.82, 2.24) is 29.7 Å². The van der Waals surface area contributed by atoms with E-state index in [1.807, 2.05) is 43.0 Å². The summed E-state index contributed by atoms with van der Waals surface area (Å²) in [4.78, 5) is 43.2. The first-order valence-electron chi connectivity index (χ1n) is 12.8. The van der Waals surface area contributed by atoms with E-state index >= 15 is 0 Å². The van der Waals surface area contributed by atoms with E-state index in [-0.39, 0.29) is 48.0 Å². The fourth-order valence-electron chi connectivity index (χ4n) is 4.56. The molecule has 1 aliphatic heterocycles. The number of anilines is 1. The van der Waals surface area contributed by atoms with Crippen LogP contribution in [0.25, 0.3) is 5.95 Å². The number of piperazine rings is 1. The Hall–Kier alpha value is -3.70. The number of carbonyl (C=O) groups is 2. The highest BCUT2D eigenvalue weighted by atomic mass is 35.5. The number of rotatable bonds is 10. The largest absolute Gasteiger partial charge is 0.497 e. The number of halogens is 1. The number of hydrogen-bond acceptors (Lipinski definition) is 8. The van der Waals surface area contributed by atoms with Gasteiger partial charge in [-0.05, 0) is 31.5 Å². The Balaban J connectivity index is 1.55. The van der Waals surface area contributed by atoms with Gasteiger partial charge in [0.15, 0.2) is 0 Å². The number of aromatic nitrogens is 4. The summed E-state index contributed by atoms with van der Waals surface area (Å²) in [5.41, 5.74) is 0.932. The summed E-state index contributed by atoms with van der Waals surface area (Å²) < 4.78 is 12.3. The number of nitrogens with one attached hydrogen (secondary N) is 1. The SMILES string of the molecule is COc1cccc(C(C)NC(=O)CC2CN(C(=O)CC(C)OC)CCN2c2cc(Cl)nc(-n3ccnc3)n2)c1. The third-order valence-corrected chi connectivity index (χ3v) is 6.98. The lowest BCUT2D eigenvalue weighted by Crippen LogP contribution is -2.56. The summed E-state index contributed by atoms with van der Waals surface area (Å²) in [6, 6.07) is 8.70. The molecule has 11 nitrogen and oxygen atoms in total. The van der Waals surface area contributed by atoms with Crippen molar-refractivity contribution in [2.45, 2.75) is 44.9 Å². The van der Waals surface area contributed by atoms with Crippen LogP contribution in [0.15, 0.2) is 49.1 Å². The molecule has 3 heterocycles. The Bertz CT molecular complexity index is 1270. The molecule has 3 aromatic rings. The number of amides is 2. The summed E-state index contributed by atoms with van der Waals surface area (Å²) in [6.45, 7) is 5.11. The van der Waals surface area contributed by atoms with Crippen LogP contribution in [0.1, 0.15) is 38.3 Å². The van der Waals surface area contributed by atoms with Crippen molar-refractivity contribution in [3.63, 3.8) is 0 Å². The molecule has 4 rings (SSSR count). The molecule has 39 heavy (non-hydrogen) atoms. The number of hydrogen-bond donors (Lipinski definition) is 1. The fraction of sp³-hybridized carbons (Fsp3) is 0.444. The molecule has 3 unspecified atom stereocenters. The van der Waals surface area contributed by atoms with E-state index in [2.05, 4.69) is 15.3 Å². The minimum atomic E-state index is -0.334. The Morgan fingerprint density at radius 1 is 1.18 bits per heavy atom. The van der Waals surface area contributed by atoms with Gasteiger partial charge in [-0.25, -0.2) is 9.97 Å². The van der Waals surface area contributed by atoms with Gasteiger partial charge < -0.3 is 24.6 Å². The molecule has 0 spiro atoms. The van der Waals surface area contributed by atoms with E-state index < -0.39 is 0 Å². The average molecular weight is 556 g/mol. The maximum Gasteiger partial charge on any atom is 0.238 e. The van der Waals surface area contributed by atoms with E-state index in [9.17, 15) is 9.59 Å². The third-order valence-electron chi connectivity index (χ3n) is 6.79. The second kappa shape index (κ2) is 12.9. The van der Waals surface area contributed by atoms with Gasteiger partial charge in [0.25, 0.3) is 0 Å². The Labute approximate surface area is 233 Å². The number of benzene rings is 1. The third kappa shape index (κ3) is 7.24. The topological polar surface area (TPSA) is 115 Å². The van der Waals surface area contributed by atoms with Crippen LogP contribution in [0.5, 0.6) is 5.75 Å². The molecule has 3 atom stereocenters. The van der Waals surface area contributed by atoms with Gasteiger partial charge in [0.2, 0.25) is 17.8 Å². The van der Waals surface area contributed by atoms with E-state index in [1.54, 1.807) is 48.5 Å². The summed E-state index contributed by atoms with van der Waals surface area (Å²) in [5.74, 6) is 1.52. The first-order valence-corrected chi connectivity index (χ1v) is 13.2. The molecule has 12 heteroatoms. The quantitative estimate of drug-likeness (QED) is 0.380. The molecular weight excluding hydrogens is 522 g/mol. The van der Waals surface area contributed by atoms with Gasteiger partial charge >= 0.3 is 0 Å². The van der Waals surface area contributed by atoms with Gasteiger partial charge in [0.05, 0.1) is 31.7 Å². The number of nitrogens with zero attached hydrogens (tertiary/aromatic N) is 6. The Kier molecular flexibility index (Phi) is 9.36. The first kappa shape index (κ1) is 28.3. The number of imidazole rings is 1. The minimum absolute atomic E-state index is 0.0148. The molecule has 0 saturated carbocycles. The molecule has 208 valence electrons. The normalized spacial score (nSPS) is 17.0. The zero-order valence-corrected chi connectivity index (χ0v) is 23.3. The zero-order chi connectivity index (χ0) is 27.9. The summed E-state index contributed by atoms with van der Waals surface area (Å²) in [5, 5.41) is 3.35. The van der Waals surface area contributed by atoms with Crippen LogP contribution in [-0.2, 0) is 14.3 Å². The number of methoxy groups -OCH3 is 2. The lowest BCUT2D eigenvalue weighted by molar-refractivity contribution is -0.135. The summed E-state index contributed by atoms with van der Waals surface area (Å²) in [7, 11) is 3.20. The highest BCUT2D eigenvalue weighted by molar-refractivity contribution is 6.29. The average Bonchev–Trinajstić information content (AvgIpc) is 3.48. The van der Waals surface area contributed by atoms with E-state index in [0.29, 0.717) is 31.4 Å². The summed E-state index contributed by atoms with van der Waals surface area (Å²) in [6.07, 6.45) is 5.18. The van der Waals surface area contributed by atoms with E-state index in [4.69, 9.17) is 26.1 Å².